The molecule has 0 aliphatic carbocycles. The number of alkyl halides is 6. The number of halogens is 8. The number of hydrogen-bond donors (Lipinski definition) is 1. The summed E-state index contributed by atoms with van der Waals surface area (Å²) in [5, 5.41) is 13.5. The van der Waals surface area contributed by atoms with Crippen molar-refractivity contribution in [2.75, 3.05) is 13.1 Å². The zero-order valence-electron chi connectivity index (χ0n) is 23.2. The Hall–Kier alpha value is -3.57. The average Bonchev–Trinajstić information content (AvgIpc) is 3.46. The lowest BCUT2D eigenvalue weighted by Crippen LogP contribution is -2.60. The fourth-order valence-electron chi connectivity index (χ4n) is 5.94. The van der Waals surface area contributed by atoms with Crippen LogP contribution < -0.4 is 0 Å². The van der Waals surface area contributed by atoms with Gasteiger partial charge in [-0.25, -0.2) is 0 Å². The molecule has 0 aromatic heterocycles. The molecule has 2 heterocycles. The number of nitrogens with zero attached hydrogens (tertiary/aromatic N) is 2. The first-order chi connectivity index (χ1) is 21.2. The zero-order valence-corrected chi connectivity index (χ0v) is 24.7. The Kier molecular flexibility index (Phi) is 7.92. The molecule has 4 aromatic rings. The molecule has 0 saturated carbocycles. The molecule has 0 spiro atoms. The van der Waals surface area contributed by atoms with Gasteiger partial charge in [-0.1, -0.05) is 113 Å². The molecular weight excluding hydrogens is 641 g/mol. The van der Waals surface area contributed by atoms with Crippen LogP contribution in [0.5, 0.6) is 0 Å². The predicted molar refractivity (Wildman–Crippen MR) is 158 cm³/mol. The number of hydrogen-bond acceptors (Lipinski definition) is 4. The molecule has 0 amide bonds. The Balaban J connectivity index is 1.23. The maximum Gasteiger partial charge on any atom is 0.435 e. The van der Waals surface area contributed by atoms with Crippen molar-refractivity contribution in [2.24, 2.45) is 5.16 Å². The highest BCUT2D eigenvalue weighted by Crippen LogP contribution is 2.51. The molecule has 6 rings (SSSR count). The third-order valence-electron chi connectivity index (χ3n) is 8.27. The van der Waals surface area contributed by atoms with Crippen LogP contribution in [0.4, 0.5) is 26.3 Å². The van der Waals surface area contributed by atoms with Crippen LogP contribution in [0.1, 0.15) is 45.8 Å². The summed E-state index contributed by atoms with van der Waals surface area (Å²) in [7, 11) is 0. The Labute approximate surface area is 264 Å². The molecule has 1 atom stereocenters. The van der Waals surface area contributed by atoms with Crippen LogP contribution >= 0.6 is 23.2 Å². The Morgan fingerprint density at radius 3 is 1.84 bits per heavy atom. The molecule has 2 aliphatic rings. The SMILES string of the molecule is OC1(c2ccc(C3=NO[C@@](c4cc(Cl)c(Cl)c(C(F)(F)F)c4)(C(F)(F)F)C3)cc2)CN(C(c2ccccc2)c2ccccc2)C1. The van der Waals surface area contributed by atoms with Crippen LogP contribution in [0.25, 0.3) is 0 Å². The Morgan fingerprint density at radius 1 is 0.778 bits per heavy atom. The minimum atomic E-state index is -5.16. The van der Waals surface area contributed by atoms with Crippen LogP contribution in [0.3, 0.4) is 0 Å². The Bertz CT molecular complexity index is 1690. The monoisotopic (exact) mass is 664 g/mol. The highest BCUT2D eigenvalue weighted by atomic mass is 35.5. The van der Waals surface area contributed by atoms with E-state index in [1.165, 1.54) is 12.1 Å². The van der Waals surface area contributed by atoms with Crippen LogP contribution in [-0.2, 0) is 22.2 Å². The molecule has 1 N–H and O–H groups in total. The molecule has 1 saturated heterocycles. The van der Waals surface area contributed by atoms with Crippen LogP contribution in [0.2, 0.25) is 10.0 Å². The molecule has 234 valence electrons. The fraction of sp³-hybridized carbons (Fsp3) is 0.242. The predicted octanol–water partition coefficient (Wildman–Crippen LogP) is 8.89. The molecule has 4 aromatic carbocycles. The van der Waals surface area contributed by atoms with Crippen molar-refractivity contribution in [1.82, 2.24) is 4.90 Å². The van der Waals surface area contributed by atoms with Gasteiger partial charge in [-0.2, -0.15) is 26.3 Å². The van der Waals surface area contributed by atoms with Crippen molar-refractivity contribution in [3.8, 4) is 0 Å². The zero-order chi connectivity index (χ0) is 32.2. The van der Waals surface area contributed by atoms with E-state index in [2.05, 4.69) is 10.1 Å². The van der Waals surface area contributed by atoms with Gasteiger partial charge >= 0.3 is 12.4 Å². The summed E-state index contributed by atoms with van der Waals surface area (Å²) in [6.45, 7) is 0.613. The number of likely N-dealkylation sites (tertiary alicyclic amines) is 1. The lowest BCUT2D eigenvalue weighted by Gasteiger charge is -2.50. The lowest BCUT2D eigenvalue weighted by atomic mass is 9.81. The lowest BCUT2D eigenvalue weighted by molar-refractivity contribution is -0.276. The van der Waals surface area contributed by atoms with Gasteiger partial charge < -0.3 is 9.94 Å². The molecule has 12 heteroatoms. The molecule has 0 bridgehead atoms. The van der Waals surface area contributed by atoms with E-state index in [1.54, 1.807) is 12.1 Å². The first-order valence-electron chi connectivity index (χ1n) is 13.8. The number of benzene rings is 4. The second-order valence-electron chi connectivity index (χ2n) is 11.2. The molecule has 0 radical (unpaired) electrons. The van der Waals surface area contributed by atoms with Crippen molar-refractivity contribution in [3.63, 3.8) is 0 Å². The maximum atomic E-state index is 14.5. The van der Waals surface area contributed by atoms with Crippen LogP contribution in [0, 0.1) is 0 Å². The number of β-amino-alcohol motifs (C(OH)–C–C–N with tert-alkyl or cyclic N) is 1. The van der Waals surface area contributed by atoms with Crippen LogP contribution in [0.15, 0.2) is 102 Å². The topological polar surface area (TPSA) is 45.1 Å². The van der Waals surface area contributed by atoms with Crippen molar-refractivity contribution in [2.45, 2.75) is 36.0 Å². The first-order valence-corrected chi connectivity index (χ1v) is 14.5. The van der Waals surface area contributed by atoms with E-state index in [4.69, 9.17) is 28.0 Å². The smallest absolute Gasteiger partial charge is 0.382 e. The van der Waals surface area contributed by atoms with E-state index in [1.807, 2.05) is 60.7 Å². The molecule has 2 aliphatic heterocycles. The van der Waals surface area contributed by atoms with Gasteiger partial charge in [0.1, 0.15) is 5.60 Å². The molecular formula is C33H24Cl2F6N2O2. The van der Waals surface area contributed by atoms with Crippen molar-refractivity contribution in [1.29, 1.82) is 0 Å². The minimum absolute atomic E-state index is 0.0911. The number of rotatable bonds is 6. The summed E-state index contributed by atoms with van der Waals surface area (Å²) < 4.78 is 84.1. The molecule has 0 unspecified atom stereocenters. The summed E-state index contributed by atoms with van der Waals surface area (Å²) in [5.41, 5.74) is -3.99. The van der Waals surface area contributed by atoms with Gasteiger partial charge in [0.25, 0.3) is 5.60 Å². The number of aliphatic hydroxyl groups is 1. The summed E-state index contributed by atoms with van der Waals surface area (Å²) in [6.07, 6.45) is -11.1. The van der Waals surface area contributed by atoms with Crippen molar-refractivity contribution >= 4 is 28.9 Å². The van der Waals surface area contributed by atoms with E-state index in [0.717, 1.165) is 11.1 Å². The van der Waals surface area contributed by atoms with Gasteiger partial charge in [0.15, 0.2) is 0 Å². The van der Waals surface area contributed by atoms with Gasteiger partial charge in [0.2, 0.25) is 0 Å². The van der Waals surface area contributed by atoms with Crippen LogP contribution in [-0.4, -0.2) is 35.0 Å². The average molecular weight is 665 g/mol. The van der Waals surface area contributed by atoms with Gasteiger partial charge in [0.05, 0.1) is 27.4 Å². The van der Waals surface area contributed by atoms with Gasteiger partial charge in [-0.05, 0) is 34.4 Å². The van der Waals surface area contributed by atoms with E-state index in [0.29, 0.717) is 30.8 Å². The van der Waals surface area contributed by atoms with E-state index in [-0.39, 0.29) is 17.3 Å². The summed E-state index contributed by atoms with van der Waals surface area (Å²) in [4.78, 5) is 7.05. The highest BCUT2D eigenvalue weighted by molar-refractivity contribution is 6.42. The highest BCUT2D eigenvalue weighted by Gasteiger charge is 2.63. The normalized spacial score (nSPS) is 20.1. The molecule has 4 nitrogen and oxygen atoms in total. The molecule has 45 heavy (non-hydrogen) atoms. The molecule has 1 fully saturated rings. The summed E-state index contributed by atoms with van der Waals surface area (Å²) >= 11 is 11.5. The van der Waals surface area contributed by atoms with Gasteiger partial charge in [-0.3, -0.25) is 4.90 Å². The van der Waals surface area contributed by atoms with E-state index in [9.17, 15) is 31.4 Å². The first kappa shape index (κ1) is 31.4. The number of oxime groups is 1. The Morgan fingerprint density at radius 2 is 1.33 bits per heavy atom. The second kappa shape index (κ2) is 11.3. The quantitative estimate of drug-likeness (QED) is 0.209. The van der Waals surface area contributed by atoms with E-state index < -0.39 is 51.1 Å². The van der Waals surface area contributed by atoms with Crippen molar-refractivity contribution in [3.05, 3.63) is 140 Å². The minimum Gasteiger partial charge on any atom is -0.382 e. The third-order valence-corrected chi connectivity index (χ3v) is 9.07. The fourth-order valence-corrected chi connectivity index (χ4v) is 6.37. The second-order valence-corrected chi connectivity index (χ2v) is 12.0. The summed E-state index contributed by atoms with van der Waals surface area (Å²) in [6, 6.07) is 26.9. The van der Waals surface area contributed by atoms with Gasteiger partial charge in [-0.15, -0.1) is 0 Å². The van der Waals surface area contributed by atoms with Gasteiger partial charge in [0, 0.05) is 25.1 Å². The maximum absolute atomic E-state index is 14.5. The summed E-state index contributed by atoms with van der Waals surface area (Å²) in [5.74, 6) is 0. The largest absolute Gasteiger partial charge is 0.435 e. The standard InChI is InChI=1S/C33H24Cl2F6N2O2/c34-26-16-24(15-25(28(26)35)32(36,37)38)31(33(39,40)41)17-27(42-45-31)20-11-13-23(14-12-20)30(44)18-43(19-30)29(21-7-3-1-4-8-21)22-9-5-2-6-10-22/h1-16,29,44H,17-19H2/t31-/m0/s1. The van der Waals surface area contributed by atoms with E-state index >= 15 is 0 Å². The third kappa shape index (κ3) is 5.69. The van der Waals surface area contributed by atoms with Crippen molar-refractivity contribution < 1.29 is 36.3 Å².